The normalized spacial score (nSPS) is 10.1. The molecule has 98 valence electrons. The lowest BCUT2D eigenvalue weighted by atomic mass is 10.2. The fourth-order valence-corrected chi connectivity index (χ4v) is 1.87. The van der Waals surface area contributed by atoms with Crippen LogP contribution in [0, 0.1) is 6.92 Å². The van der Waals surface area contributed by atoms with Crippen molar-refractivity contribution in [3.05, 3.63) is 54.4 Å². The lowest BCUT2D eigenvalue weighted by Crippen LogP contribution is -1.82. The average Bonchev–Trinajstić information content (AvgIpc) is 2.84. The van der Waals surface area contributed by atoms with Crippen LogP contribution in [0.4, 0.5) is 0 Å². The smallest absolute Gasteiger partial charge is 0.137 e. The summed E-state index contributed by atoms with van der Waals surface area (Å²) >= 11 is 0. The number of aryl methyl sites for hydroxylation is 1. The summed E-state index contributed by atoms with van der Waals surface area (Å²) in [5.74, 6) is 0.272. The number of phenolic OH excluding ortho intramolecular Hbond substituents is 1. The van der Waals surface area contributed by atoms with Crippen molar-refractivity contribution in [2.24, 2.45) is 0 Å². The molecule has 2 aromatic heterocycles. The van der Waals surface area contributed by atoms with Crippen molar-refractivity contribution in [2.45, 2.75) is 20.8 Å². The third-order valence-corrected chi connectivity index (χ3v) is 2.76. The van der Waals surface area contributed by atoms with E-state index >= 15 is 0 Å². The second kappa shape index (κ2) is 5.57. The predicted octanol–water partition coefficient (Wildman–Crippen LogP) is 4.04. The molecule has 3 nitrogen and oxygen atoms in total. The van der Waals surface area contributed by atoms with Gasteiger partial charge >= 0.3 is 0 Å². The van der Waals surface area contributed by atoms with Crippen LogP contribution in [0.5, 0.6) is 5.75 Å². The Hall–Kier alpha value is -2.29. The molecule has 0 aliphatic heterocycles. The molecule has 3 aromatic rings. The van der Waals surface area contributed by atoms with E-state index in [1.165, 1.54) is 5.56 Å². The van der Waals surface area contributed by atoms with Gasteiger partial charge in [0.05, 0.1) is 5.69 Å². The number of rotatable bonds is 1. The lowest BCUT2D eigenvalue weighted by Gasteiger charge is -1.95. The number of aromatic nitrogens is 2. The van der Waals surface area contributed by atoms with Crippen molar-refractivity contribution in [3.63, 3.8) is 0 Å². The molecule has 0 saturated heterocycles. The summed E-state index contributed by atoms with van der Waals surface area (Å²) in [6.07, 6.45) is 4.04. The lowest BCUT2D eigenvalue weighted by molar-refractivity contribution is 0.475. The minimum absolute atomic E-state index is 0.272. The zero-order valence-corrected chi connectivity index (χ0v) is 11.5. The monoisotopic (exact) mass is 254 g/mol. The first-order chi connectivity index (χ1) is 9.22. The summed E-state index contributed by atoms with van der Waals surface area (Å²) in [6, 6.07) is 11.1. The third kappa shape index (κ3) is 2.76. The van der Waals surface area contributed by atoms with Gasteiger partial charge in [-0.2, -0.15) is 0 Å². The molecule has 1 N–H and O–H groups in total. The summed E-state index contributed by atoms with van der Waals surface area (Å²) < 4.78 is 2.01. The average molecular weight is 254 g/mol. The van der Waals surface area contributed by atoms with E-state index in [2.05, 4.69) is 11.9 Å². The summed E-state index contributed by atoms with van der Waals surface area (Å²) in [5.41, 5.74) is 4.05. The number of hydrogen-bond acceptors (Lipinski definition) is 2. The highest BCUT2D eigenvalue weighted by Gasteiger charge is 2.04. The van der Waals surface area contributed by atoms with Gasteiger partial charge in [-0.25, -0.2) is 4.98 Å². The molecule has 3 rings (SSSR count). The molecule has 2 heterocycles. The Morgan fingerprint density at radius 1 is 0.947 bits per heavy atom. The van der Waals surface area contributed by atoms with Gasteiger partial charge in [0.25, 0.3) is 0 Å². The second-order valence-electron chi connectivity index (χ2n) is 4.14. The number of aromatic hydroxyl groups is 1. The van der Waals surface area contributed by atoms with E-state index in [4.69, 9.17) is 0 Å². The maximum atomic E-state index is 9.25. The Balaban J connectivity index is 0.000000637. The first kappa shape index (κ1) is 13.1. The number of benzene rings is 1. The number of nitrogens with zero attached hydrogens (tertiary/aromatic N) is 2. The van der Waals surface area contributed by atoms with Crippen LogP contribution in [-0.4, -0.2) is 14.5 Å². The first-order valence-corrected chi connectivity index (χ1v) is 6.47. The van der Waals surface area contributed by atoms with Gasteiger partial charge in [0.1, 0.15) is 11.4 Å². The topological polar surface area (TPSA) is 37.5 Å². The Labute approximate surface area is 113 Å². The molecule has 0 aliphatic carbocycles. The molecule has 0 amide bonds. The molecule has 0 atom stereocenters. The van der Waals surface area contributed by atoms with Gasteiger partial charge in [-0.1, -0.05) is 19.9 Å². The summed E-state index contributed by atoms with van der Waals surface area (Å²) in [5, 5.41) is 9.25. The number of fused-ring (bicyclic) bond motifs is 1. The molecule has 0 radical (unpaired) electrons. The van der Waals surface area contributed by atoms with Crippen LogP contribution in [0.2, 0.25) is 0 Å². The van der Waals surface area contributed by atoms with Crippen molar-refractivity contribution in [1.29, 1.82) is 0 Å². The molecule has 0 spiro atoms. The molecule has 1 aromatic carbocycles. The van der Waals surface area contributed by atoms with Crippen molar-refractivity contribution >= 4 is 5.65 Å². The zero-order valence-electron chi connectivity index (χ0n) is 11.5. The van der Waals surface area contributed by atoms with E-state index in [1.807, 2.05) is 54.9 Å². The van der Waals surface area contributed by atoms with Crippen molar-refractivity contribution < 1.29 is 5.11 Å². The first-order valence-electron chi connectivity index (χ1n) is 6.47. The zero-order chi connectivity index (χ0) is 13.8. The van der Waals surface area contributed by atoms with Gasteiger partial charge < -0.3 is 9.51 Å². The van der Waals surface area contributed by atoms with Gasteiger partial charge in [-0.15, -0.1) is 0 Å². The van der Waals surface area contributed by atoms with Crippen LogP contribution in [0.1, 0.15) is 19.4 Å². The number of imidazole rings is 1. The van der Waals surface area contributed by atoms with Crippen LogP contribution in [0.3, 0.4) is 0 Å². The highest BCUT2D eigenvalue weighted by atomic mass is 16.3. The van der Waals surface area contributed by atoms with E-state index in [1.54, 1.807) is 12.1 Å². The van der Waals surface area contributed by atoms with Gasteiger partial charge in [-0.05, 0) is 42.8 Å². The predicted molar refractivity (Wildman–Crippen MR) is 78.4 cm³/mol. The molecular formula is C16H18N2O. The minimum atomic E-state index is 0.272. The Morgan fingerprint density at radius 2 is 1.63 bits per heavy atom. The standard InChI is InChI=1S/C14H12N2O.C2H6/c1-10-2-7-14-15-13(9-16(14)8-10)11-3-5-12(17)6-4-11;1-2/h2-9,17H,1H3;1-2H3. The van der Waals surface area contributed by atoms with Crippen molar-refractivity contribution in [1.82, 2.24) is 9.38 Å². The van der Waals surface area contributed by atoms with Crippen LogP contribution >= 0.6 is 0 Å². The molecular weight excluding hydrogens is 236 g/mol. The Kier molecular flexibility index (Phi) is 3.85. The van der Waals surface area contributed by atoms with Gasteiger partial charge in [0, 0.05) is 18.0 Å². The molecule has 0 saturated carbocycles. The third-order valence-electron chi connectivity index (χ3n) is 2.76. The van der Waals surface area contributed by atoms with E-state index in [0.29, 0.717) is 0 Å². The van der Waals surface area contributed by atoms with Crippen LogP contribution in [0.25, 0.3) is 16.9 Å². The summed E-state index contributed by atoms with van der Waals surface area (Å²) in [7, 11) is 0. The van der Waals surface area contributed by atoms with Crippen LogP contribution in [0.15, 0.2) is 48.8 Å². The van der Waals surface area contributed by atoms with E-state index in [-0.39, 0.29) is 5.75 Å². The van der Waals surface area contributed by atoms with Gasteiger partial charge in [0.2, 0.25) is 0 Å². The number of pyridine rings is 1. The molecule has 19 heavy (non-hydrogen) atoms. The van der Waals surface area contributed by atoms with Crippen LogP contribution in [-0.2, 0) is 0 Å². The van der Waals surface area contributed by atoms with E-state index < -0.39 is 0 Å². The quantitative estimate of drug-likeness (QED) is 0.711. The summed E-state index contributed by atoms with van der Waals surface area (Å²) in [6.45, 7) is 6.06. The van der Waals surface area contributed by atoms with Gasteiger partial charge in [-0.3, -0.25) is 0 Å². The Bertz CT molecular complexity index is 669. The van der Waals surface area contributed by atoms with Crippen LogP contribution < -0.4 is 0 Å². The number of hydrogen-bond donors (Lipinski definition) is 1. The molecule has 0 fully saturated rings. The molecule has 3 heteroatoms. The highest BCUT2D eigenvalue weighted by molar-refractivity contribution is 5.63. The molecule has 0 unspecified atom stereocenters. The maximum absolute atomic E-state index is 9.25. The second-order valence-corrected chi connectivity index (χ2v) is 4.14. The van der Waals surface area contributed by atoms with Crippen molar-refractivity contribution in [2.75, 3.05) is 0 Å². The fraction of sp³-hybridized carbons (Fsp3) is 0.188. The van der Waals surface area contributed by atoms with E-state index in [0.717, 1.165) is 16.9 Å². The highest BCUT2D eigenvalue weighted by Crippen LogP contribution is 2.21. The summed E-state index contributed by atoms with van der Waals surface area (Å²) in [4.78, 5) is 4.54. The van der Waals surface area contributed by atoms with E-state index in [9.17, 15) is 5.11 Å². The SMILES string of the molecule is CC.Cc1ccc2nc(-c3ccc(O)cc3)cn2c1. The molecule has 0 aliphatic rings. The Morgan fingerprint density at radius 3 is 2.32 bits per heavy atom. The maximum Gasteiger partial charge on any atom is 0.137 e. The minimum Gasteiger partial charge on any atom is -0.508 e. The largest absolute Gasteiger partial charge is 0.508 e. The number of phenols is 1. The van der Waals surface area contributed by atoms with Gasteiger partial charge in [0.15, 0.2) is 0 Å². The fourth-order valence-electron chi connectivity index (χ4n) is 1.87. The van der Waals surface area contributed by atoms with Crippen molar-refractivity contribution in [3.8, 4) is 17.0 Å². The molecule has 0 bridgehead atoms.